The highest BCUT2D eigenvalue weighted by atomic mass is 35.5. The van der Waals surface area contributed by atoms with Crippen molar-refractivity contribution in [3.8, 4) is 0 Å². The minimum atomic E-state index is -0.460. The number of para-hydroxylation sites is 1. The number of amides is 2. The number of carbonyl (C=O) groups is 1. The zero-order valence-electron chi connectivity index (χ0n) is 9.02. The molecule has 2 aromatic rings. The van der Waals surface area contributed by atoms with E-state index in [9.17, 15) is 4.79 Å². The van der Waals surface area contributed by atoms with Gasteiger partial charge < -0.3 is 5.32 Å². The lowest BCUT2D eigenvalue weighted by molar-refractivity contribution is 0.262. The zero-order valence-corrected chi connectivity index (χ0v) is 10.5. The Hall–Kier alpha value is -1.85. The van der Waals surface area contributed by atoms with Gasteiger partial charge >= 0.3 is 6.03 Å². The van der Waals surface area contributed by atoms with Gasteiger partial charge in [0.05, 0.1) is 10.7 Å². The summed E-state index contributed by atoms with van der Waals surface area (Å²) in [5.74, 6) is 0.305. The van der Waals surface area contributed by atoms with Gasteiger partial charge in [-0.25, -0.2) is 14.8 Å². The third-order valence-corrected chi connectivity index (χ3v) is 2.53. The lowest BCUT2D eigenvalue weighted by Gasteiger charge is -2.08. The molecule has 0 saturated carbocycles. The molecule has 0 bridgehead atoms. The van der Waals surface area contributed by atoms with E-state index in [0.717, 1.165) is 0 Å². The van der Waals surface area contributed by atoms with Crippen LogP contribution in [-0.4, -0.2) is 16.0 Å². The summed E-state index contributed by atoms with van der Waals surface area (Å²) in [5.41, 5.74) is 0.511. The molecule has 1 aromatic carbocycles. The summed E-state index contributed by atoms with van der Waals surface area (Å²) in [6, 6.07) is 7.89. The van der Waals surface area contributed by atoms with Gasteiger partial charge in [0.25, 0.3) is 0 Å². The van der Waals surface area contributed by atoms with Gasteiger partial charge in [0.15, 0.2) is 0 Å². The number of carbonyl (C=O) groups excluding carboxylic acids is 1. The van der Waals surface area contributed by atoms with Crippen molar-refractivity contribution in [1.82, 2.24) is 9.97 Å². The van der Waals surface area contributed by atoms with Crippen molar-refractivity contribution in [1.29, 1.82) is 0 Å². The number of rotatable bonds is 2. The number of anilines is 2. The van der Waals surface area contributed by atoms with Gasteiger partial charge in [0.2, 0.25) is 0 Å². The van der Waals surface area contributed by atoms with E-state index in [-0.39, 0.29) is 5.15 Å². The minimum absolute atomic E-state index is 0.248. The molecule has 0 radical (unpaired) electrons. The van der Waals surface area contributed by atoms with Crippen LogP contribution in [0.25, 0.3) is 0 Å². The molecule has 0 fully saturated rings. The predicted molar refractivity (Wildman–Crippen MR) is 71.1 cm³/mol. The monoisotopic (exact) mass is 282 g/mol. The van der Waals surface area contributed by atoms with Gasteiger partial charge in [-0.3, -0.25) is 5.32 Å². The van der Waals surface area contributed by atoms with Crippen molar-refractivity contribution in [3.05, 3.63) is 46.8 Å². The standard InChI is InChI=1S/C11H8Cl2N4O/c12-7-3-1-2-4-8(7)16-11(18)17-10-5-9(13)14-6-15-10/h1-6H,(H2,14,15,16,17,18). The maximum absolute atomic E-state index is 11.7. The fraction of sp³-hybridized carbons (Fsp3) is 0. The normalized spacial score (nSPS) is 9.89. The van der Waals surface area contributed by atoms with Crippen molar-refractivity contribution in [2.75, 3.05) is 10.6 Å². The van der Waals surface area contributed by atoms with Crippen LogP contribution in [0, 0.1) is 0 Å². The summed E-state index contributed by atoms with van der Waals surface area (Å²) in [4.78, 5) is 19.2. The second-order valence-electron chi connectivity index (χ2n) is 3.28. The summed E-state index contributed by atoms with van der Waals surface area (Å²) in [6.45, 7) is 0. The number of nitrogens with zero attached hydrogens (tertiary/aromatic N) is 2. The Balaban J connectivity index is 2.03. The van der Waals surface area contributed by atoms with Crippen molar-refractivity contribution in [2.45, 2.75) is 0 Å². The molecule has 0 unspecified atom stereocenters. The first-order chi connectivity index (χ1) is 8.65. The topological polar surface area (TPSA) is 66.9 Å². The first-order valence-corrected chi connectivity index (χ1v) is 5.71. The Bertz CT molecular complexity index is 576. The molecule has 7 heteroatoms. The van der Waals surface area contributed by atoms with E-state index in [2.05, 4.69) is 20.6 Å². The predicted octanol–water partition coefficient (Wildman–Crippen LogP) is 3.43. The molecule has 0 spiro atoms. The molecule has 0 saturated heterocycles. The molecule has 2 amide bonds. The van der Waals surface area contributed by atoms with E-state index in [1.807, 2.05) is 0 Å². The highest BCUT2D eigenvalue weighted by Gasteiger charge is 2.06. The van der Waals surface area contributed by atoms with Crippen LogP contribution in [0.3, 0.4) is 0 Å². The van der Waals surface area contributed by atoms with Gasteiger partial charge in [-0.2, -0.15) is 0 Å². The van der Waals surface area contributed by atoms with E-state index in [0.29, 0.717) is 16.5 Å². The maximum Gasteiger partial charge on any atom is 0.324 e. The smallest absolute Gasteiger partial charge is 0.306 e. The zero-order chi connectivity index (χ0) is 13.0. The first kappa shape index (κ1) is 12.6. The molecule has 0 aliphatic carbocycles. The summed E-state index contributed by atoms with van der Waals surface area (Å²) >= 11 is 11.6. The number of aromatic nitrogens is 2. The van der Waals surface area contributed by atoms with Crippen LogP contribution < -0.4 is 10.6 Å². The Morgan fingerprint density at radius 3 is 2.61 bits per heavy atom. The van der Waals surface area contributed by atoms with Crippen LogP contribution in [0.1, 0.15) is 0 Å². The molecular weight excluding hydrogens is 275 g/mol. The van der Waals surface area contributed by atoms with Crippen LogP contribution in [0.2, 0.25) is 10.2 Å². The minimum Gasteiger partial charge on any atom is -0.306 e. The second-order valence-corrected chi connectivity index (χ2v) is 4.08. The third kappa shape index (κ3) is 3.32. The van der Waals surface area contributed by atoms with Crippen LogP contribution in [-0.2, 0) is 0 Å². The fourth-order valence-corrected chi connectivity index (χ4v) is 1.56. The highest BCUT2D eigenvalue weighted by Crippen LogP contribution is 2.20. The molecule has 5 nitrogen and oxygen atoms in total. The van der Waals surface area contributed by atoms with Crippen LogP contribution in [0.15, 0.2) is 36.7 Å². The molecule has 2 N–H and O–H groups in total. The Labute approximate surface area is 113 Å². The summed E-state index contributed by atoms with van der Waals surface area (Å²) in [7, 11) is 0. The van der Waals surface area contributed by atoms with E-state index in [4.69, 9.17) is 23.2 Å². The molecule has 0 aliphatic heterocycles. The largest absolute Gasteiger partial charge is 0.324 e. The van der Waals surface area contributed by atoms with Crippen molar-refractivity contribution >= 4 is 40.7 Å². The van der Waals surface area contributed by atoms with E-state index in [1.165, 1.54) is 12.4 Å². The number of hydrogen-bond donors (Lipinski definition) is 2. The van der Waals surface area contributed by atoms with Gasteiger partial charge in [0.1, 0.15) is 17.3 Å². The van der Waals surface area contributed by atoms with Crippen LogP contribution in [0.5, 0.6) is 0 Å². The maximum atomic E-state index is 11.7. The van der Waals surface area contributed by atoms with Gasteiger partial charge in [0, 0.05) is 6.07 Å². The lowest BCUT2D eigenvalue weighted by atomic mass is 10.3. The molecule has 2 rings (SSSR count). The van der Waals surface area contributed by atoms with Gasteiger partial charge in [-0.05, 0) is 12.1 Å². The number of hydrogen-bond acceptors (Lipinski definition) is 3. The lowest BCUT2D eigenvalue weighted by Crippen LogP contribution is -2.20. The highest BCUT2D eigenvalue weighted by molar-refractivity contribution is 6.33. The molecule has 0 aliphatic rings. The first-order valence-electron chi connectivity index (χ1n) is 4.95. The van der Waals surface area contributed by atoms with Crippen LogP contribution in [0.4, 0.5) is 16.3 Å². The average molecular weight is 283 g/mol. The van der Waals surface area contributed by atoms with Crippen molar-refractivity contribution < 1.29 is 4.79 Å². The van der Waals surface area contributed by atoms with E-state index in [1.54, 1.807) is 24.3 Å². The van der Waals surface area contributed by atoms with Crippen LogP contribution >= 0.6 is 23.2 Å². The molecular formula is C11H8Cl2N4O. The number of halogens is 2. The Kier molecular flexibility index (Phi) is 3.96. The van der Waals surface area contributed by atoms with Gasteiger partial charge in [-0.15, -0.1) is 0 Å². The summed E-state index contributed by atoms with van der Waals surface area (Å²) in [5, 5.41) is 5.81. The SMILES string of the molecule is O=C(Nc1cc(Cl)ncn1)Nc1ccccc1Cl. The molecule has 1 heterocycles. The molecule has 0 atom stereocenters. The number of urea groups is 1. The second kappa shape index (κ2) is 5.66. The summed E-state index contributed by atoms with van der Waals surface area (Å²) < 4.78 is 0. The van der Waals surface area contributed by atoms with Gasteiger partial charge in [-0.1, -0.05) is 35.3 Å². The molecule has 92 valence electrons. The summed E-state index contributed by atoms with van der Waals surface area (Å²) in [6.07, 6.45) is 1.26. The van der Waals surface area contributed by atoms with E-state index >= 15 is 0 Å². The third-order valence-electron chi connectivity index (χ3n) is 2.00. The molecule has 18 heavy (non-hydrogen) atoms. The fourth-order valence-electron chi connectivity index (χ4n) is 1.23. The average Bonchev–Trinajstić information content (AvgIpc) is 2.32. The molecule has 1 aromatic heterocycles. The van der Waals surface area contributed by atoms with Crippen molar-refractivity contribution in [2.24, 2.45) is 0 Å². The van der Waals surface area contributed by atoms with Crippen molar-refractivity contribution in [3.63, 3.8) is 0 Å². The quantitative estimate of drug-likeness (QED) is 0.830. The number of benzene rings is 1. The Morgan fingerprint density at radius 1 is 1.11 bits per heavy atom. The number of nitrogens with one attached hydrogen (secondary N) is 2. The Morgan fingerprint density at radius 2 is 1.89 bits per heavy atom. The van der Waals surface area contributed by atoms with E-state index < -0.39 is 6.03 Å².